The second kappa shape index (κ2) is 9.09. The van der Waals surface area contributed by atoms with Crippen LogP contribution in [0.1, 0.15) is 29.2 Å². The molecule has 0 fully saturated rings. The van der Waals surface area contributed by atoms with Crippen LogP contribution in [0.25, 0.3) is 11.0 Å². The normalized spacial score (nSPS) is 10.9. The first-order valence-corrected chi connectivity index (χ1v) is 10.6. The number of carbonyl (C=O) groups excluding carboxylic acids is 1. The van der Waals surface area contributed by atoms with E-state index in [-0.39, 0.29) is 12.3 Å². The van der Waals surface area contributed by atoms with E-state index in [9.17, 15) is 4.79 Å². The molecular formula is C27H27NO3. The van der Waals surface area contributed by atoms with Crippen LogP contribution >= 0.6 is 0 Å². The average Bonchev–Trinajstić information content (AvgIpc) is 3.19. The van der Waals surface area contributed by atoms with Gasteiger partial charge in [-0.3, -0.25) is 4.79 Å². The third kappa shape index (κ3) is 4.48. The SMILES string of the molecule is CCOc1ccc(N(Cc2ccccc2)C(=O)Cc2coc3c(C)c(C)ccc23)cc1. The van der Waals surface area contributed by atoms with Crippen molar-refractivity contribution in [3.63, 3.8) is 0 Å². The summed E-state index contributed by atoms with van der Waals surface area (Å²) < 4.78 is 11.4. The summed E-state index contributed by atoms with van der Waals surface area (Å²) in [6.07, 6.45) is 1.99. The van der Waals surface area contributed by atoms with Crippen LogP contribution < -0.4 is 9.64 Å². The molecule has 31 heavy (non-hydrogen) atoms. The molecule has 1 amide bonds. The first kappa shape index (κ1) is 20.7. The lowest BCUT2D eigenvalue weighted by molar-refractivity contribution is -0.118. The van der Waals surface area contributed by atoms with Crippen molar-refractivity contribution < 1.29 is 13.9 Å². The lowest BCUT2D eigenvalue weighted by atomic mass is 10.0. The summed E-state index contributed by atoms with van der Waals surface area (Å²) in [5, 5.41) is 1.00. The highest BCUT2D eigenvalue weighted by Crippen LogP contribution is 2.28. The Morgan fingerprint density at radius 3 is 2.42 bits per heavy atom. The van der Waals surface area contributed by atoms with E-state index in [1.165, 1.54) is 5.56 Å². The highest BCUT2D eigenvalue weighted by molar-refractivity contribution is 5.97. The predicted octanol–water partition coefficient (Wildman–Crippen LogP) is 6.22. The Labute approximate surface area is 183 Å². The van der Waals surface area contributed by atoms with Crippen LogP contribution in [0.15, 0.2) is 77.4 Å². The van der Waals surface area contributed by atoms with Gasteiger partial charge in [0.25, 0.3) is 0 Å². The highest BCUT2D eigenvalue weighted by Gasteiger charge is 2.20. The number of anilines is 1. The summed E-state index contributed by atoms with van der Waals surface area (Å²) in [7, 11) is 0. The number of hydrogen-bond donors (Lipinski definition) is 0. The van der Waals surface area contributed by atoms with Crippen LogP contribution in [-0.2, 0) is 17.8 Å². The number of rotatable bonds is 7. The van der Waals surface area contributed by atoms with E-state index in [4.69, 9.17) is 9.15 Å². The Morgan fingerprint density at radius 1 is 0.968 bits per heavy atom. The van der Waals surface area contributed by atoms with Crippen LogP contribution in [0.5, 0.6) is 5.75 Å². The van der Waals surface area contributed by atoms with Crippen molar-refractivity contribution in [2.24, 2.45) is 0 Å². The molecule has 4 nitrogen and oxygen atoms in total. The van der Waals surface area contributed by atoms with Crippen molar-refractivity contribution in [1.29, 1.82) is 0 Å². The minimum absolute atomic E-state index is 0.0222. The lowest BCUT2D eigenvalue weighted by Crippen LogP contribution is -2.31. The summed E-state index contributed by atoms with van der Waals surface area (Å²) in [4.78, 5) is 15.3. The van der Waals surface area contributed by atoms with Crippen molar-refractivity contribution in [1.82, 2.24) is 0 Å². The third-order valence-corrected chi connectivity index (χ3v) is 5.63. The zero-order chi connectivity index (χ0) is 21.8. The van der Waals surface area contributed by atoms with Gasteiger partial charge in [-0.25, -0.2) is 0 Å². The zero-order valence-corrected chi connectivity index (χ0v) is 18.2. The smallest absolute Gasteiger partial charge is 0.231 e. The zero-order valence-electron chi connectivity index (χ0n) is 18.2. The summed E-state index contributed by atoms with van der Waals surface area (Å²) in [5.74, 6) is 0.818. The molecule has 0 radical (unpaired) electrons. The fourth-order valence-electron chi connectivity index (χ4n) is 3.76. The van der Waals surface area contributed by atoms with Crippen LogP contribution in [0, 0.1) is 13.8 Å². The van der Waals surface area contributed by atoms with Crippen molar-refractivity contribution >= 4 is 22.6 Å². The molecule has 158 valence electrons. The maximum Gasteiger partial charge on any atom is 0.231 e. The molecule has 4 rings (SSSR count). The maximum absolute atomic E-state index is 13.5. The molecule has 0 saturated carbocycles. The molecule has 4 aromatic rings. The number of aryl methyl sites for hydroxylation is 2. The highest BCUT2D eigenvalue weighted by atomic mass is 16.5. The van der Waals surface area contributed by atoms with Crippen molar-refractivity contribution in [3.8, 4) is 5.75 Å². The first-order chi connectivity index (χ1) is 15.1. The Bertz CT molecular complexity index is 1180. The van der Waals surface area contributed by atoms with Gasteiger partial charge in [-0.1, -0.05) is 42.5 Å². The monoisotopic (exact) mass is 413 g/mol. The van der Waals surface area contributed by atoms with Crippen LogP contribution in [-0.4, -0.2) is 12.5 Å². The number of carbonyl (C=O) groups is 1. The second-order valence-corrected chi connectivity index (χ2v) is 7.71. The predicted molar refractivity (Wildman–Crippen MR) is 125 cm³/mol. The summed E-state index contributed by atoms with van der Waals surface area (Å²) in [6.45, 7) is 7.18. The Balaban J connectivity index is 1.64. The molecule has 0 N–H and O–H groups in total. The van der Waals surface area contributed by atoms with E-state index in [0.29, 0.717) is 13.2 Å². The van der Waals surface area contributed by atoms with Gasteiger partial charge in [0.2, 0.25) is 5.91 Å². The van der Waals surface area contributed by atoms with Gasteiger partial charge in [0, 0.05) is 16.6 Å². The number of furan rings is 1. The summed E-state index contributed by atoms with van der Waals surface area (Å²) >= 11 is 0. The van der Waals surface area contributed by atoms with Gasteiger partial charge in [-0.05, 0) is 61.7 Å². The molecule has 3 aromatic carbocycles. The molecule has 0 spiro atoms. The molecule has 0 aliphatic carbocycles. The molecule has 1 aromatic heterocycles. The Hall–Kier alpha value is -3.53. The fraction of sp³-hybridized carbons (Fsp3) is 0.222. The minimum Gasteiger partial charge on any atom is -0.494 e. The van der Waals surface area contributed by atoms with Gasteiger partial charge in [0.15, 0.2) is 0 Å². The number of benzene rings is 3. The van der Waals surface area contributed by atoms with E-state index >= 15 is 0 Å². The molecule has 0 saturated heterocycles. The van der Waals surface area contributed by atoms with Gasteiger partial charge in [0.1, 0.15) is 11.3 Å². The first-order valence-electron chi connectivity index (χ1n) is 10.6. The van der Waals surface area contributed by atoms with Crippen LogP contribution in [0.4, 0.5) is 5.69 Å². The quantitative estimate of drug-likeness (QED) is 0.361. The van der Waals surface area contributed by atoms with Crippen LogP contribution in [0.2, 0.25) is 0 Å². The number of ether oxygens (including phenoxy) is 1. The van der Waals surface area contributed by atoms with E-state index in [0.717, 1.165) is 39.1 Å². The fourth-order valence-corrected chi connectivity index (χ4v) is 3.76. The number of nitrogens with zero attached hydrogens (tertiary/aromatic N) is 1. The number of hydrogen-bond acceptors (Lipinski definition) is 3. The Kier molecular flexibility index (Phi) is 6.08. The molecule has 0 atom stereocenters. The molecule has 0 aliphatic heterocycles. The van der Waals surface area contributed by atoms with E-state index in [1.54, 1.807) is 6.26 Å². The van der Waals surface area contributed by atoms with E-state index in [2.05, 4.69) is 19.9 Å². The molecule has 0 aliphatic rings. The molecule has 4 heteroatoms. The Morgan fingerprint density at radius 2 is 1.71 bits per heavy atom. The summed E-state index contributed by atoms with van der Waals surface area (Å²) in [5.41, 5.74) is 5.99. The molecule has 0 unspecified atom stereocenters. The van der Waals surface area contributed by atoms with Gasteiger partial charge < -0.3 is 14.1 Å². The molecule has 0 bridgehead atoms. The van der Waals surface area contributed by atoms with Gasteiger partial charge in [-0.2, -0.15) is 0 Å². The third-order valence-electron chi connectivity index (χ3n) is 5.63. The van der Waals surface area contributed by atoms with Crippen molar-refractivity contribution in [2.75, 3.05) is 11.5 Å². The standard InChI is InChI=1S/C27H27NO3/c1-4-30-24-13-11-23(12-14-24)28(17-21-8-6-5-7-9-21)26(29)16-22-18-31-27-20(3)19(2)10-15-25(22)27/h5-15,18H,4,16-17H2,1-3H3. The maximum atomic E-state index is 13.5. The van der Waals surface area contributed by atoms with Crippen LogP contribution in [0.3, 0.4) is 0 Å². The van der Waals surface area contributed by atoms with E-state index in [1.807, 2.05) is 72.5 Å². The lowest BCUT2D eigenvalue weighted by Gasteiger charge is -2.23. The summed E-state index contributed by atoms with van der Waals surface area (Å²) in [6, 6.07) is 21.8. The largest absolute Gasteiger partial charge is 0.494 e. The van der Waals surface area contributed by atoms with Crippen molar-refractivity contribution in [2.45, 2.75) is 33.7 Å². The van der Waals surface area contributed by atoms with Gasteiger partial charge in [0.05, 0.1) is 25.8 Å². The number of fused-ring (bicyclic) bond motifs is 1. The second-order valence-electron chi connectivity index (χ2n) is 7.71. The topological polar surface area (TPSA) is 42.7 Å². The van der Waals surface area contributed by atoms with Gasteiger partial charge in [-0.15, -0.1) is 0 Å². The van der Waals surface area contributed by atoms with E-state index < -0.39 is 0 Å². The van der Waals surface area contributed by atoms with Gasteiger partial charge >= 0.3 is 0 Å². The number of amides is 1. The molecular weight excluding hydrogens is 386 g/mol. The minimum atomic E-state index is 0.0222. The van der Waals surface area contributed by atoms with Crippen molar-refractivity contribution in [3.05, 3.63) is 95.2 Å². The molecule has 1 heterocycles. The average molecular weight is 414 g/mol.